The van der Waals surface area contributed by atoms with Crippen LogP contribution in [0.1, 0.15) is 12.8 Å². The molecule has 4 nitrogen and oxygen atoms in total. The van der Waals surface area contributed by atoms with E-state index in [0.29, 0.717) is 6.42 Å². The molecular weight excluding hydrogens is 190 g/mol. The van der Waals surface area contributed by atoms with Gasteiger partial charge in [0.1, 0.15) is 6.42 Å². The van der Waals surface area contributed by atoms with Crippen molar-refractivity contribution in [1.29, 1.82) is 0 Å². The van der Waals surface area contributed by atoms with Crippen molar-refractivity contribution in [3.63, 3.8) is 0 Å². The second-order valence-electron chi connectivity index (χ2n) is 2.61. The van der Waals surface area contributed by atoms with Gasteiger partial charge in [-0.2, -0.15) is 11.8 Å². The molecule has 0 spiro atoms. The van der Waals surface area contributed by atoms with Gasteiger partial charge in [-0.05, 0) is 18.4 Å². The van der Waals surface area contributed by atoms with Crippen LogP contribution in [-0.2, 0) is 14.3 Å². The third-order valence-corrected chi connectivity index (χ3v) is 2.24. The SMILES string of the molecule is COC(=O)CC(=O)C(N)CCSC. The second-order valence-corrected chi connectivity index (χ2v) is 3.59. The molecule has 0 fully saturated rings. The Hall–Kier alpha value is -0.550. The number of methoxy groups -OCH3 is 1. The fourth-order valence-electron chi connectivity index (χ4n) is 0.751. The molecule has 0 aliphatic rings. The largest absolute Gasteiger partial charge is 0.469 e. The van der Waals surface area contributed by atoms with Crippen molar-refractivity contribution < 1.29 is 14.3 Å². The van der Waals surface area contributed by atoms with Gasteiger partial charge in [-0.3, -0.25) is 9.59 Å². The van der Waals surface area contributed by atoms with E-state index in [2.05, 4.69) is 4.74 Å². The number of hydrogen-bond acceptors (Lipinski definition) is 5. The third-order valence-electron chi connectivity index (χ3n) is 1.59. The number of hydrogen-bond donors (Lipinski definition) is 1. The highest BCUT2D eigenvalue weighted by Crippen LogP contribution is 2.01. The molecule has 0 aromatic rings. The van der Waals surface area contributed by atoms with E-state index in [1.54, 1.807) is 11.8 Å². The van der Waals surface area contributed by atoms with Gasteiger partial charge >= 0.3 is 5.97 Å². The molecule has 0 saturated heterocycles. The van der Waals surface area contributed by atoms with E-state index < -0.39 is 12.0 Å². The molecule has 1 atom stereocenters. The quantitative estimate of drug-likeness (QED) is 0.495. The van der Waals surface area contributed by atoms with Gasteiger partial charge < -0.3 is 10.5 Å². The number of thioether (sulfide) groups is 1. The lowest BCUT2D eigenvalue weighted by atomic mass is 10.1. The average Bonchev–Trinajstić information content (AvgIpc) is 2.13. The standard InChI is InChI=1S/C8H15NO3S/c1-12-8(11)5-7(10)6(9)3-4-13-2/h6H,3-5,9H2,1-2H3. The van der Waals surface area contributed by atoms with Gasteiger partial charge in [0.25, 0.3) is 0 Å². The van der Waals surface area contributed by atoms with Crippen LogP contribution in [-0.4, -0.2) is 36.9 Å². The Bertz CT molecular complexity index is 184. The maximum absolute atomic E-state index is 11.2. The Morgan fingerprint density at radius 3 is 2.62 bits per heavy atom. The highest BCUT2D eigenvalue weighted by atomic mass is 32.2. The number of rotatable bonds is 6. The molecule has 0 aliphatic carbocycles. The van der Waals surface area contributed by atoms with E-state index in [0.717, 1.165) is 5.75 Å². The minimum absolute atomic E-state index is 0.216. The molecule has 0 aromatic heterocycles. The highest BCUT2D eigenvalue weighted by Gasteiger charge is 2.16. The molecule has 0 aromatic carbocycles. The van der Waals surface area contributed by atoms with E-state index in [9.17, 15) is 9.59 Å². The zero-order chi connectivity index (χ0) is 10.3. The lowest BCUT2D eigenvalue weighted by Crippen LogP contribution is -2.32. The summed E-state index contributed by atoms with van der Waals surface area (Å²) in [6.45, 7) is 0. The molecule has 1 unspecified atom stereocenters. The van der Waals surface area contributed by atoms with Gasteiger partial charge in [0.05, 0.1) is 13.2 Å². The van der Waals surface area contributed by atoms with Crippen LogP contribution in [0.4, 0.5) is 0 Å². The maximum Gasteiger partial charge on any atom is 0.313 e. The third kappa shape index (κ3) is 5.65. The fraction of sp³-hybridized carbons (Fsp3) is 0.750. The van der Waals surface area contributed by atoms with Crippen LogP contribution < -0.4 is 5.73 Å². The summed E-state index contributed by atoms with van der Waals surface area (Å²) in [5, 5.41) is 0. The first-order valence-electron chi connectivity index (χ1n) is 3.95. The molecule has 76 valence electrons. The molecule has 0 amide bonds. The van der Waals surface area contributed by atoms with E-state index in [1.807, 2.05) is 6.26 Å². The first kappa shape index (κ1) is 12.4. The summed E-state index contributed by atoms with van der Waals surface area (Å²) < 4.78 is 4.35. The topological polar surface area (TPSA) is 69.4 Å². The Morgan fingerprint density at radius 2 is 2.15 bits per heavy atom. The van der Waals surface area contributed by atoms with E-state index in [1.165, 1.54) is 7.11 Å². The van der Waals surface area contributed by atoms with Crippen molar-refractivity contribution in [2.45, 2.75) is 18.9 Å². The van der Waals surface area contributed by atoms with Crippen molar-refractivity contribution in [2.24, 2.45) is 5.73 Å². The summed E-state index contributed by atoms with van der Waals surface area (Å²) >= 11 is 1.62. The first-order valence-corrected chi connectivity index (χ1v) is 5.35. The van der Waals surface area contributed by atoms with Crippen LogP contribution in [0.5, 0.6) is 0 Å². The summed E-state index contributed by atoms with van der Waals surface area (Å²) in [5.41, 5.74) is 5.54. The zero-order valence-corrected chi connectivity index (χ0v) is 8.73. The monoisotopic (exact) mass is 205 g/mol. The number of ketones is 1. The van der Waals surface area contributed by atoms with E-state index in [-0.39, 0.29) is 12.2 Å². The van der Waals surface area contributed by atoms with E-state index >= 15 is 0 Å². The lowest BCUT2D eigenvalue weighted by Gasteiger charge is -2.07. The Labute approximate surface area is 82.2 Å². The van der Waals surface area contributed by atoms with Gasteiger partial charge in [-0.1, -0.05) is 0 Å². The van der Waals surface area contributed by atoms with Gasteiger partial charge in [-0.15, -0.1) is 0 Å². The summed E-state index contributed by atoms with van der Waals surface area (Å²) in [5.74, 6) is 0.0548. The first-order chi connectivity index (χ1) is 6.11. The molecule has 13 heavy (non-hydrogen) atoms. The summed E-state index contributed by atoms with van der Waals surface area (Å²) in [6, 6.07) is -0.536. The Morgan fingerprint density at radius 1 is 1.54 bits per heavy atom. The molecule has 0 bridgehead atoms. The van der Waals surface area contributed by atoms with Gasteiger partial charge in [0.15, 0.2) is 5.78 Å². The van der Waals surface area contributed by atoms with Gasteiger partial charge in [0, 0.05) is 0 Å². The van der Waals surface area contributed by atoms with Gasteiger partial charge in [0.2, 0.25) is 0 Å². The molecule has 0 saturated carbocycles. The number of nitrogens with two attached hydrogens (primary N) is 1. The Balaban J connectivity index is 3.75. The molecule has 0 aliphatic heterocycles. The van der Waals surface area contributed by atoms with Crippen molar-refractivity contribution in [2.75, 3.05) is 19.1 Å². The van der Waals surface area contributed by atoms with Crippen molar-refractivity contribution >= 4 is 23.5 Å². The molecule has 5 heteroatoms. The molecular formula is C8H15NO3S. The maximum atomic E-state index is 11.2. The van der Waals surface area contributed by atoms with Gasteiger partial charge in [-0.25, -0.2) is 0 Å². The fourth-order valence-corrected chi connectivity index (χ4v) is 1.24. The number of ether oxygens (including phenoxy) is 1. The van der Waals surface area contributed by atoms with Crippen LogP contribution in [0.3, 0.4) is 0 Å². The van der Waals surface area contributed by atoms with Crippen molar-refractivity contribution in [3.05, 3.63) is 0 Å². The zero-order valence-electron chi connectivity index (χ0n) is 7.91. The predicted octanol–water partition coefficient (Wildman–Crippen LogP) is 0.199. The lowest BCUT2D eigenvalue weighted by molar-refractivity contribution is -0.143. The summed E-state index contributed by atoms with van der Waals surface area (Å²) in [6.07, 6.45) is 2.33. The predicted molar refractivity (Wildman–Crippen MR) is 52.6 cm³/mol. The Kier molecular flexibility index (Phi) is 6.62. The minimum Gasteiger partial charge on any atom is -0.469 e. The van der Waals surface area contributed by atoms with Crippen molar-refractivity contribution in [1.82, 2.24) is 0 Å². The number of esters is 1. The molecule has 0 heterocycles. The van der Waals surface area contributed by atoms with E-state index in [4.69, 9.17) is 5.73 Å². The average molecular weight is 205 g/mol. The molecule has 0 rings (SSSR count). The number of Topliss-reactive ketones (excluding diaryl/α,β-unsaturated/α-hetero) is 1. The van der Waals surface area contributed by atoms with Crippen LogP contribution in [0.2, 0.25) is 0 Å². The smallest absolute Gasteiger partial charge is 0.313 e. The normalized spacial score (nSPS) is 12.2. The second kappa shape index (κ2) is 6.91. The summed E-state index contributed by atoms with van der Waals surface area (Å²) in [7, 11) is 1.25. The number of carbonyl (C=O) groups excluding carboxylic acids is 2. The minimum atomic E-state index is -0.536. The van der Waals surface area contributed by atoms with Crippen LogP contribution in [0, 0.1) is 0 Å². The molecule has 0 radical (unpaired) electrons. The number of carbonyl (C=O) groups is 2. The molecule has 2 N–H and O–H groups in total. The van der Waals surface area contributed by atoms with Crippen LogP contribution >= 0.6 is 11.8 Å². The van der Waals surface area contributed by atoms with Crippen LogP contribution in [0.25, 0.3) is 0 Å². The summed E-state index contributed by atoms with van der Waals surface area (Å²) in [4.78, 5) is 21.9. The highest BCUT2D eigenvalue weighted by molar-refractivity contribution is 7.98. The van der Waals surface area contributed by atoms with Crippen molar-refractivity contribution in [3.8, 4) is 0 Å². The van der Waals surface area contributed by atoms with Crippen LogP contribution in [0.15, 0.2) is 0 Å².